The van der Waals surface area contributed by atoms with Crippen molar-refractivity contribution in [3.8, 4) is 16.9 Å². The Bertz CT molecular complexity index is 1280. The number of benzene rings is 3. The van der Waals surface area contributed by atoms with Crippen molar-refractivity contribution < 1.29 is 4.79 Å². The number of nitrogens with one attached hydrogen (secondary N) is 1. The second-order valence-electron chi connectivity index (χ2n) is 9.08. The van der Waals surface area contributed by atoms with E-state index in [1.165, 1.54) is 11.1 Å². The van der Waals surface area contributed by atoms with Crippen LogP contribution in [0.5, 0.6) is 0 Å². The van der Waals surface area contributed by atoms with Crippen LogP contribution < -0.4 is 5.32 Å². The second kappa shape index (κ2) is 9.70. The number of aromatic nitrogens is 1. The Hall–Kier alpha value is -3.63. The van der Waals surface area contributed by atoms with Gasteiger partial charge in [-0.2, -0.15) is 0 Å². The SMILES string of the molecule is Cc1ccccc1-n1c(C)cc(C(=O)N2CCNC[C@H]2Cc2ccccc2)c1-c1ccccc1. The third-order valence-electron chi connectivity index (χ3n) is 6.74. The Labute approximate surface area is 201 Å². The van der Waals surface area contributed by atoms with Gasteiger partial charge in [0.15, 0.2) is 0 Å². The van der Waals surface area contributed by atoms with E-state index in [9.17, 15) is 4.79 Å². The standard InChI is InChI=1S/C30H31N3O/c1-22-11-9-10-16-28(22)33-23(2)19-27(29(33)25-14-7-4-8-15-25)30(34)32-18-17-31-21-26(32)20-24-12-5-3-6-13-24/h3-16,19,26,31H,17-18,20-21H2,1-2H3/t26-/m1/s1. The van der Waals surface area contributed by atoms with E-state index in [0.717, 1.165) is 47.7 Å². The van der Waals surface area contributed by atoms with Crippen LogP contribution in [0.3, 0.4) is 0 Å². The molecule has 1 N–H and O–H groups in total. The van der Waals surface area contributed by atoms with Crippen molar-refractivity contribution in [3.63, 3.8) is 0 Å². The molecule has 1 amide bonds. The summed E-state index contributed by atoms with van der Waals surface area (Å²) >= 11 is 0. The number of hydrogen-bond donors (Lipinski definition) is 1. The van der Waals surface area contributed by atoms with E-state index >= 15 is 0 Å². The van der Waals surface area contributed by atoms with Gasteiger partial charge < -0.3 is 14.8 Å². The molecular weight excluding hydrogens is 418 g/mol. The quantitative estimate of drug-likeness (QED) is 0.442. The molecule has 4 heteroatoms. The normalized spacial score (nSPS) is 15.9. The van der Waals surface area contributed by atoms with Crippen LogP contribution in [0.2, 0.25) is 0 Å². The predicted molar refractivity (Wildman–Crippen MR) is 139 cm³/mol. The molecule has 4 nitrogen and oxygen atoms in total. The van der Waals surface area contributed by atoms with E-state index in [1.54, 1.807) is 0 Å². The lowest BCUT2D eigenvalue weighted by molar-refractivity contribution is 0.0637. The number of carbonyl (C=O) groups excluding carboxylic acids is 1. The van der Waals surface area contributed by atoms with Gasteiger partial charge in [0.05, 0.1) is 11.3 Å². The Morgan fingerprint density at radius 3 is 2.32 bits per heavy atom. The van der Waals surface area contributed by atoms with Crippen molar-refractivity contribution in [2.75, 3.05) is 19.6 Å². The van der Waals surface area contributed by atoms with Gasteiger partial charge >= 0.3 is 0 Å². The Kier molecular flexibility index (Phi) is 6.33. The van der Waals surface area contributed by atoms with Gasteiger partial charge in [0, 0.05) is 37.1 Å². The molecule has 0 bridgehead atoms. The molecule has 1 aliphatic heterocycles. The van der Waals surface area contributed by atoms with E-state index in [4.69, 9.17) is 0 Å². The monoisotopic (exact) mass is 449 g/mol. The van der Waals surface area contributed by atoms with E-state index in [-0.39, 0.29) is 11.9 Å². The van der Waals surface area contributed by atoms with Crippen LogP contribution in [0.15, 0.2) is 91.0 Å². The van der Waals surface area contributed by atoms with Crippen LogP contribution in [-0.2, 0) is 6.42 Å². The first-order valence-corrected chi connectivity index (χ1v) is 12.0. The molecular formula is C30H31N3O. The fourth-order valence-electron chi connectivity index (χ4n) is 5.06. The number of hydrogen-bond acceptors (Lipinski definition) is 2. The first-order chi connectivity index (χ1) is 16.6. The zero-order valence-corrected chi connectivity index (χ0v) is 19.9. The number of rotatable bonds is 5. The lowest BCUT2D eigenvalue weighted by Gasteiger charge is -2.36. The fraction of sp³-hybridized carbons (Fsp3) is 0.233. The highest BCUT2D eigenvalue weighted by atomic mass is 16.2. The van der Waals surface area contributed by atoms with Gasteiger partial charge in [-0.05, 0) is 49.1 Å². The molecule has 0 unspecified atom stereocenters. The summed E-state index contributed by atoms with van der Waals surface area (Å²) in [6, 6.07) is 31.3. The summed E-state index contributed by atoms with van der Waals surface area (Å²) in [6.07, 6.45) is 0.845. The van der Waals surface area contributed by atoms with Gasteiger partial charge in [-0.3, -0.25) is 4.79 Å². The Balaban J connectivity index is 1.60. The first-order valence-electron chi connectivity index (χ1n) is 12.0. The number of piperazine rings is 1. The minimum absolute atomic E-state index is 0.108. The van der Waals surface area contributed by atoms with Crippen molar-refractivity contribution in [2.24, 2.45) is 0 Å². The molecule has 34 heavy (non-hydrogen) atoms. The van der Waals surface area contributed by atoms with Crippen LogP contribution in [-0.4, -0.2) is 41.1 Å². The molecule has 1 aromatic heterocycles. The average Bonchev–Trinajstić information content (AvgIpc) is 3.22. The number of aryl methyl sites for hydroxylation is 2. The molecule has 0 saturated carbocycles. The number of nitrogens with zero attached hydrogens (tertiary/aromatic N) is 2. The summed E-state index contributed by atoms with van der Waals surface area (Å²) < 4.78 is 2.24. The maximum atomic E-state index is 14.2. The largest absolute Gasteiger partial charge is 0.333 e. The van der Waals surface area contributed by atoms with Crippen molar-refractivity contribution in [2.45, 2.75) is 26.3 Å². The first kappa shape index (κ1) is 22.2. The van der Waals surface area contributed by atoms with Gasteiger partial charge in [-0.15, -0.1) is 0 Å². The van der Waals surface area contributed by atoms with E-state index in [0.29, 0.717) is 6.54 Å². The Morgan fingerprint density at radius 1 is 0.912 bits per heavy atom. The fourth-order valence-corrected chi connectivity index (χ4v) is 5.06. The molecule has 1 atom stereocenters. The zero-order chi connectivity index (χ0) is 23.5. The number of para-hydroxylation sites is 1. The molecule has 0 aliphatic carbocycles. The summed E-state index contributed by atoms with van der Waals surface area (Å²) in [5.41, 5.74) is 7.40. The Morgan fingerprint density at radius 2 is 1.59 bits per heavy atom. The highest BCUT2D eigenvalue weighted by Crippen LogP contribution is 2.33. The zero-order valence-electron chi connectivity index (χ0n) is 19.9. The van der Waals surface area contributed by atoms with Crippen LogP contribution >= 0.6 is 0 Å². The molecule has 3 aromatic carbocycles. The average molecular weight is 450 g/mol. The molecule has 0 radical (unpaired) electrons. The molecule has 2 heterocycles. The third kappa shape index (κ3) is 4.29. The highest BCUT2D eigenvalue weighted by Gasteiger charge is 2.31. The molecule has 5 rings (SSSR count). The smallest absolute Gasteiger partial charge is 0.256 e. The maximum Gasteiger partial charge on any atom is 0.256 e. The van der Waals surface area contributed by atoms with Crippen LogP contribution in [0.25, 0.3) is 16.9 Å². The van der Waals surface area contributed by atoms with Crippen LogP contribution in [0, 0.1) is 13.8 Å². The lowest BCUT2D eigenvalue weighted by atomic mass is 10.0. The number of amides is 1. The van der Waals surface area contributed by atoms with Gasteiger partial charge in [0.25, 0.3) is 5.91 Å². The minimum atomic E-state index is 0.108. The molecule has 1 saturated heterocycles. The molecule has 1 aliphatic rings. The third-order valence-corrected chi connectivity index (χ3v) is 6.74. The van der Waals surface area contributed by atoms with Gasteiger partial charge in [-0.1, -0.05) is 78.9 Å². The molecule has 0 spiro atoms. The molecule has 1 fully saturated rings. The second-order valence-corrected chi connectivity index (χ2v) is 9.08. The number of carbonyl (C=O) groups is 1. The van der Waals surface area contributed by atoms with Gasteiger partial charge in [0.1, 0.15) is 0 Å². The molecule has 4 aromatic rings. The predicted octanol–water partition coefficient (Wildman–Crippen LogP) is 5.42. The topological polar surface area (TPSA) is 37.3 Å². The van der Waals surface area contributed by atoms with E-state index < -0.39 is 0 Å². The van der Waals surface area contributed by atoms with Gasteiger partial charge in [-0.25, -0.2) is 0 Å². The van der Waals surface area contributed by atoms with Crippen molar-refractivity contribution in [3.05, 3.63) is 113 Å². The minimum Gasteiger partial charge on any atom is -0.333 e. The summed E-state index contributed by atoms with van der Waals surface area (Å²) in [4.78, 5) is 16.2. The van der Waals surface area contributed by atoms with Crippen molar-refractivity contribution in [1.82, 2.24) is 14.8 Å². The van der Waals surface area contributed by atoms with Crippen molar-refractivity contribution >= 4 is 5.91 Å². The maximum absolute atomic E-state index is 14.2. The van der Waals surface area contributed by atoms with E-state index in [1.807, 2.05) is 24.3 Å². The van der Waals surface area contributed by atoms with Gasteiger partial charge in [0.2, 0.25) is 0 Å². The summed E-state index contributed by atoms with van der Waals surface area (Å²) in [7, 11) is 0. The summed E-state index contributed by atoms with van der Waals surface area (Å²) in [5, 5.41) is 3.49. The van der Waals surface area contributed by atoms with E-state index in [2.05, 4.69) is 95.4 Å². The van der Waals surface area contributed by atoms with Crippen LogP contribution in [0.4, 0.5) is 0 Å². The lowest BCUT2D eigenvalue weighted by Crippen LogP contribution is -2.54. The molecule has 172 valence electrons. The summed E-state index contributed by atoms with van der Waals surface area (Å²) in [5.74, 6) is 0.108. The summed E-state index contributed by atoms with van der Waals surface area (Å²) in [6.45, 7) is 6.54. The highest BCUT2D eigenvalue weighted by molar-refractivity contribution is 6.01. The van der Waals surface area contributed by atoms with Crippen LogP contribution in [0.1, 0.15) is 27.2 Å². The van der Waals surface area contributed by atoms with Crippen molar-refractivity contribution in [1.29, 1.82) is 0 Å².